The Morgan fingerprint density at radius 1 is 1.35 bits per heavy atom. The third-order valence-corrected chi connectivity index (χ3v) is 3.23. The Balaban J connectivity index is 1.85. The molecule has 2 heterocycles. The highest BCUT2D eigenvalue weighted by Gasteiger charge is 2.15. The molecule has 1 aliphatic rings. The summed E-state index contributed by atoms with van der Waals surface area (Å²) in [4.78, 5) is 15.0. The fourth-order valence-corrected chi connectivity index (χ4v) is 2.38. The average molecular weight is 230 g/mol. The van der Waals surface area contributed by atoms with Crippen LogP contribution in [0.2, 0.25) is 0 Å². The first-order valence-electron chi connectivity index (χ1n) is 5.93. The maximum atomic E-state index is 10.5. The first-order valence-corrected chi connectivity index (χ1v) is 5.93. The van der Waals surface area contributed by atoms with Crippen molar-refractivity contribution in [3.05, 3.63) is 41.4 Å². The molecule has 2 aromatic heterocycles. The zero-order chi connectivity index (χ0) is 11.7. The molecule has 3 rings (SSSR count). The molecule has 4 nitrogen and oxygen atoms in total. The maximum Gasteiger partial charge on any atom is 0.185 e. The monoisotopic (exact) mass is 230 g/mol. The van der Waals surface area contributed by atoms with E-state index in [1.165, 1.54) is 24.2 Å². The van der Waals surface area contributed by atoms with Crippen LogP contribution in [0.5, 0.6) is 0 Å². The smallest absolute Gasteiger partial charge is 0.185 e. The minimum atomic E-state index is 0.383. The van der Waals surface area contributed by atoms with Gasteiger partial charge >= 0.3 is 0 Å². The molecule has 0 radical (unpaired) electrons. The topological polar surface area (TPSA) is 48.0 Å². The van der Waals surface area contributed by atoms with Gasteiger partial charge in [-0.1, -0.05) is 0 Å². The van der Waals surface area contributed by atoms with Crippen molar-refractivity contribution in [1.82, 2.24) is 9.55 Å². The van der Waals surface area contributed by atoms with Crippen LogP contribution in [0.3, 0.4) is 0 Å². The quantitative estimate of drug-likeness (QED) is 0.759. The summed E-state index contributed by atoms with van der Waals surface area (Å²) in [5.74, 6) is 1.19. The lowest BCUT2D eigenvalue weighted by Crippen LogP contribution is -2.08. The SMILES string of the molecule is O=Cc1ccc(Cn2cnc3c2CCCC3)o1. The molecule has 0 atom stereocenters. The van der Waals surface area contributed by atoms with Crippen LogP contribution in [0.25, 0.3) is 0 Å². The Morgan fingerprint density at radius 2 is 2.24 bits per heavy atom. The molecule has 0 saturated carbocycles. The molecule has 0 aromatic carbocycles. The Hall–Kier alpha value is -1.84. The van der Waals surface area contributed by atoms with Crippen molar-refractivity contribution < 1.29 is 9.21 Å². The zero-order valence-electron chi connectivity index (χ0n) is 9.56. The molecule has 0 fully saturated rings. The van der Waals surface area contributed by atoms with Gasteiger partial charge in [-0.15, -0.1) is 0 Å². The number of rotatable bonds is 3. The van der Waals surface area contributed by atoms with Gasteiger partial charge in [-0.2, -0.15) is 0 Å². The van der Waals surface area contributed by atoms with E-state index in [-0.39, 0.29) is 0 Å². The highest BCUT2D eigenvalue weighted by molar-refractivity contribution is 5.70. The van der Waals surface area contributed by atoms with Gasteiger partial charge in [0.1, 0.15) is 5.76 Å². The molecule has 0 spiro atoms. The molecular weight excluding hydrogens is 216 g/mol. The van der Waals surface area contributed by atoms with E-state index in [9.17, 15) is 4.79 Å². The molecule has 2 aromatic rings. The molecule has 4 heteroatoms. The molecule has 0 bridgehead atoms. The van der Waals surface area contributed by atoms with Crippen molar-refractivity contribution in [2.75, 3.05) is 0 Å². The second-order valence-electron chi connectivity index (χ2n) is 4.39. The molecule has 0 N–H and O–H groups in total. The van der Waals surface area contributed by atoms with Crippen LogP contribution in [0.4, 0.5) is 0 Å². The number of aryl methyl sites for hydroxylation is 1. The van der Waals surface area contributed by atoms with E-state index < -0.39 is 0 Å². The van der Waals surface area contributed by atoms with Gasteiger partial charge in [0, 0.05) is 5.69 Å². The van der Waals surface area contributed by atoms with E-state index in [1.54, 1.807) is 6.07 Å². The van der Waals surface area contributed by atoms with E-state index in [2.05, 4.69) is 9.55 Å². The summed E-state index contributed by atoms with van der Waals surface area (Å²) >= 11 is 0. The van der Waals surface area contributed by atoms with Gasteiger partial charge in [0.15, 0.2) is 12.0 Å². The average Bonchev–Trinajstić information content (AvgIpc) is 2.97. The summed E-state index contributed by atoms with van der Waals surface area (Å²) in [6, 6.07) is 3.55. The van der Waals surface area contributed by atoms with E-state index in [4.69, 9.17) is 4.42 Å². The van der Waals surface area contributed by atoms with Gasteiger partial charge in [0.25, 0.3) is 0 Å². The highest BCUT2D eigenvalue weighted by atomic mass is 16.3. The summed E-state index contributed by atoms with van der Waals surface area (Å²) in [6.45, 7) is 0.663. The Bertz CT molecular complexity index is 539. The van der Waals surface area contributed by atoms with Gasteiger partial charge < -0.3 is 8.98 Å². The number of imidazole rings is 1. The van der Waals surface area contributed by atoms with Crippen molar-refractivity contribution >= 4 is 6.29 Å². The molecule has 88 valence electrons. The standard InChI is InChI=1S/C13H14N2O2/c16-8-11-6-5-10(17-11)7-15-9-14-12-3-1-2-4-13(12)15/h5-6,8-9H,1-4,7H2. The van der Waals surface area contributed by atoms with Gasteiger partial charge in [0.05, 0.1) is 18.6 Å². The van der Waals surface area contributed by atoms with Crippen molar-refractivity contribution in [3.63, 3.8) is 0 Å². The highest BCUT2D eigenvalue weighted by Crippen LogP contribution is 2.21. The van der Waals surface area contributed by atoms with Crippen molar-refractivity contribution in [1.29, 1.82) is 0 Å². The molecule has 0 unspecified atom stereocenters. The van der Waals surface area contributed by atoms with E-state index >= 15 is 0 Å². The van der Waals surface area contributed by atoms with Crippen LogP contribution >= 0.6 is 0 Å². The van der Waals surface area contributed by atoms with E-state index in [0.29, 0.717) is 12.3 Å². The number of carbonyl (C=O) groups excluding carboxylic acids is 1. The summed E-state index contributed by atoms with van der Waals surface area (Å²) in [6.07, 6.45) is 7.25. The fourth-order valence-electron chi connectivity index (χ4n) is 2.38. The van der Waals surface area contributed by atoms with Gasteiger partial charge in [0.2, 0.25) is 0 Å². The van der Waals surface area contributed by atoms with Crippen molar-refractivity contribution in [3.8, 4) is 0 Å². The number of fused-ring (bicyclic) bond motifs is 1. The molecule has 0 amide bonds. The van der Waals surface area contributed by atoms with Gasteiger partial charge in [-0.25, -0.2) is 4.98 Å². The number of hydrogen-bond donors (Lipinski definition) is 0. The maximum absolute atomic E-state index is 10.5. The Labute approximate surface area is 99.3 Å². The predicted molar refractivity (Wildman–Crippen MR) is 62.1 cm³/mol. The number of furan rings is 1. The number of nitrogens with zero attached hydrogens (tertiary/aromatic N) is 2. The Kier molecular flexibility index (Phi) is 2.55. The normalized spacial score (nSPS) is 14.6. The van der Waals surface area contributed by atoms with Crippen LogP contribution in [0, 0.1) is 0 Å². The van der Waals surface area contributed by atoms with E-state index in [0.717, 1.165) is 24.9 Å². The molecule has 17 heavy (non-hydrogen) atoms. The third-order valence-electron chi connectivity index (χ3n) is 3.23. The fraction of sp³-hybridized carbons (Fsp3) is 0.385. The first kappa shape index (κ1) is 10.3. The minimum absolute atomic E-state index is 0.383. The van der Waals surface area contributed by atoms with Crippen molar-refractivity contribution in [2.24, 2.45) is 0 Å². The summed E-state index contributed by atoms with van der Waals surface area (Å²) < 4.78 is 7.51. The number of hydrogen-bond acceptors (Lipinski definition) is 3. The second-order valence-corrected chi connectivity index (χ2v) is 4.39. The third kappa shape index (κ3) is 1.90. The van der Waals surface area contributed by atoms with Gasteiger partial charge in [-0.05, 0) is 37.8 Å². The lowest BCUT2D eigenvalue weighted by atomic mass is 10.0. The summed E-state index contributed by atoms with van der Waals surface area (Å²) in [7, 11) is 0. The largest absolute Gasteiger partial charge is 0.456 e. The first-order chi connectivity index (χ1) is 8.36. The second kappa shape index (κ2) is 4.20. The lowest BCUT2D eigenvalue weighted by molar-refractivity contribution is 0.109. The van der Waals surface area contributed by atoms with Crippen LogP contribution < -0.4 is 0 Å². The van der Waals surface area contributed by atoms with Crippen LogP contribution in [-0.2, 0) is 19.4 Å². The summed E-state index contributed by atoms with van der Waals surface area (Å²) in [5, 5.41) is 0. The van der Waals surface area contributed by atoms with Crippen molar-refractivity contribution in [2.45, 2.75) is 32.2 Å². The molecule has 1 aliphatic carbocycles. The van der Waals surface area contributed by atoms with Gasteiger partial charge in [-0.3, -0.25) is 4.79 Å². The zero-order valence-corrected chi connectivity index (χ0v) is 9.56. The number of aldehydes is 1. The Morgan fingerprint density at radius 3 is 3.06 bits per heavy atom. The predicted octanol–water partition coefficient (Wildman–Crippen LogP) is 2.22. The lowest BCUT2D eigenvalue weighted by Gasteiger charge is -2.13. The van der Waals surface area contributed by atoms with Crippen LogP contribution in [-0.4, -0.2) is 15.8 Å². The molecule has 0 aliphatic heterocycles. The summed E-state index contributed by atoms with van der Waals surface area (Å²) in [5.41, 5.74) is 2.54. The number of aromatic nitrogens is 2. The van der Waals surface area contributed by atoms with E-state index in [1.807, 2.05) is 12.4 Å². The van der Waals surface area contributed by atoms with Crippen LogP contribution in [0.15, 0.2) is 22.9 Å². The molecular formula is C13H14N2O2. The van der Waals surface area contributed by atoms with Crippen LogP contribution in [0.1, 0.15) is 40.5 Å². The minimum Gasteiger partial charge on any atom is -0.456 e. The molecule has 0 saturated heterocycles. The number of carbonyl (C=O) groups is 1.